The summed E-state index contributed by atoms with van der Waals surface area (Å²) >= 11 is 0. The number of nitrogens with one attached hydrogen (secondary N) is 1. The van der Waals surface area contributed by atoms with Gasteiger partial charge in [-0.3, -0.25) is 9.59 Å². The smallest absolute Gasteiger partial charge is 0.254 e. The summed E-state index contributed by atoms with van der Waals surface area (Å²) in [6, 6.07) is 5.97. The second-order valence-electron chi connectivity index (χ2n) is 8.02. The molecule has 1 aromatic carbocycles. The molecule has 2 aliphatic heterocycles. The first kappa shape index (κ1) is 18.7. The Morgan fingerprint density at radius 2 is 1.93 bits per heavy atom. The van der Waals surface area contributed by atoms with Crippen LogP contribution in [0.15, 0.2) is 24.5 Å². The second kappa shape index (κ2) is 7.08. The van der Waals surface area contributed by atoms with Crippen LogP contribution < -0.4 is 0 Å². The molecule has 3 heterocycles. The van der Waals surface area contributed by atoms with Crippen LogP contribution in [0.25, 0.3) is 0 Å². The van der Waals surface area contributed by atoms with Gasteiger partial charge in [0.2, 0.25) is 5.91 Å². The SMILES string of the molecule is CCC(=O)N1CCc2[nH]cnc2C12CCN(C(=O)c1ccc(C)cc1C)CC2. The first-order chi connectivity index (χ1) is 13.5. The van der Waals surface area contributed by atoms with Gasteiger partial charge < -0.3 is 14.8 Å². The molecule has 6 heteroatoms. The molecule has 0 atom stereocenters. The van der Waals surface area contributed by atoms with E-state index in [2.05, 4.69) is 16.0 Å². The van der Waals surface area contributed by atoms with E-state index in [-0.39, 0.29) is 17.4 Å². The van der Waals surface area contributed by atoms with Gasteiger partial charge in [0.05, 0.1) is 17.6 Å². The van der Waals surface area contributed by atoms with Gasteiger partial charge in [0, 0.05) is 43.7 Å². The van der Waals surface area contributed by atoms with Gasteiger partial charge in [-0.1, -0.05) is 24.6 Å². The number of aromatic nitrogens is 2. The van der Waals surface area contributed by atoms with Crippen LogP contribution in [0.2, 0.25) is 0 Å². The number of rotatable bonds is 2. The van der Waals surface area contributed by atoms with Crippen molar-refractivity contribution in [3.05, 3.63) is 52.6 Å². The van der Waals surface area contributed by atoms with E-state index in [4.69, 9.17) is 0 Å². The van der Waals surface area contributed by atoms with Gasteiger partial charge in [0.1, 0.15) is 0 Å². The standard InChI is InChI=1S/C22H28N4O2/c1-4-19(27)26-10-7-18-20(24-14-23-18)22(26)8-11-25(12-9-22)21(28)17-6-5-15(2)13-16(17)3/h5-6,13-14H,4,7-12H2,1-3H3,(H,23,24). The number of hydrogen-bond donors (Lipinski definition) is 1. The Hall–Kier alpha value is -2.63. The van der Waals surface area contributed by atoms with Gasteiger partial charge in [-0.2, -0.15) is 0 Å². The third-order valence-electron chi connectivity index (χ3n) is 6.35. The van der Waals surface area contributed by atoms with Crippen LogP contribution in [0.1, 0.15) is 59.1 Å². The molecule has 2 aliphatic rings. The molecular weight excluding hydrogens is 352 g/mol. The van der Waals surface area contributed by atoms with Crippen LogP contribution >= 0.6 is 0 Å². The molecule has 1 spiro atoms. The highest BCUT2D eigenvalue weighted by Crippen LogP contribution is 2.42. The number of carbonyl (C=O) groups excluding carboxylic acids is 2. The zero-order chi connectivity index (χ0) is 19.9. The maximum atomic E-state index is 13.1. The molecule has 4 rings (SSSR count). The molecule has 1 fully saturated rings. The number of H-pyrrole nitrogens is 1. The van der Waals surface area contributed by atoms with E-state index in [1.165, 1.54) is 0 Å². The summed E-state index contributed by atoms with van der Waals surface area (Å²) < 4.78 is 0. The van der Waals surface area contributed by atoms with Gasteiger partial charge >= 0.3 is 0 Å². The second-order valence-corrected chi connectivity index (χ2v) is 8.02. The highest BCUT2D eigenvalue weighted by Gasteiger charge is 2.48. The van der Waals surface area contributed by atoms with E-state index in [9.17, 15) is 9.59 Å². The van der Waals surface area contributed by atoms with Crippen molar-refractivity contribution in [3.63, 3.8) is 0 Å². The van der Waals surface area contributed by atoms with Crippen LogP contribution in [0.5, 0.6) is 0 Å². The fraction of sp³-hybridized carbons (Fsp3) is 0.500. The molecule has 28 heavy (non-hydrogen) atoms. The van der Waals surface area contributed by atoms with E-state index >= 15 is 0 Å². The van der Waals surface area contributed by atoms with Gasteiger partial charge in [0.15, 0.2) is 0 Å². The van der Waals surface area contributed by atoms with Crippen molar-refractivity contribution in [2.45, 2.75) is 52.0 Å². The number of amides is 2. The Bertz CT molecular complexity index is 909. The maximum Gasteiger partial charge on any atom is 0.254 e. The van der Waals surface area contributed by atoms with Gasteiger partial charge in [-0.05, 0) is 38.3 Å². The van der Waals surface area contributed by atoms with Crippen molar-refractivity contribution in [2.24, 2.45) is 0 Å². The molecule has 0 bridgehead atoms. The quantitative estimate of drug-likeness (QED) is 0.871. The number of fused-ring (bicyclic) bond motifs is 2. The summed E-state index contributed by atoms with van der Waals surface area (Å²) in [5.74, 6) is 0.251. The Morgan fingerprint density at radius 3 is 2.61 bits per heavy atom. The molecule has 2 aromatic rings. The zero-order valence-corrected chi connectivity index (χ0v) is 16.9. The minimum Gasteiger partial charge on any atom is -0.348 e. The molecule has 0 unspecified atom stereocenters. The Kier molecular flexibility index (Phi) is 4.73. The van der Waals surface area contributed by atoms with Crippen LogP contribution in [0.3, 0.4) is 0 Å². The number of carbonyl (C=O) groups is 2. The van der Waals surface area contributed by atoms with Gasteiger partial charge in [0.25, 0.3) is 5.91 Å². The van der Waals surface area contributed by atoms with Gasteiger partial charge in [-0.25, -0.2) is 4.98 Å². The topological polar surface area (TPSA) is 69.3 Å². The summed E-state index contributed by atoms with van der Waals surface area (Å²) in [6.07, 6.45) is 4.50. The molecular formula is C22H28N4O2. The van der Waals surface area contributed by atoms with E-state index in [1.807, 2.05) is 42.7 Å². The van der Waals surface area contributed by atoms with Crippen LogP contribution in [0, 0.1) is 13.8 Å². The summed E-state index contributed by atoms with van der Waals surface area (Å²) in [5, 5.41) is 0. The van der Waals surface area contributed by atoms with E-state index in [1.54, 1.807) is 6.33 Å². The van der Waals surface area contributed by atoms with Gasteiger partial charge in [-0.15, -0.1) is 0 Å². The number of aryl methyl sites for hydroxylation is 2. The van der Waals surface area contributed by atoms with Crippen molar-refractivity contribution in [2.75, 3.05) is 19.6 Å². The van der Waals surface area contributed by atoms with E-state index in [0.29, 0.717) is 26.1 Å². The van der Waals surface area contributed by atoms with E-state index < -0.39 is 0 Å². The lowest BCUT2D eigenvalue weighted by atomic mass is 9.78. The summed E-state index contributed by atoms with van der Waals surface area (Å²) in [7, 11) is 0. The highest BCUT2D eigenvalue weighted by atomic mass is 16.2. The predicted octanol–water partition coefficient (Wildman–Crippen LogP) is 2.95. The number of nitrogens with zero attached hydrogens (tertiary/aromatic N) is 3. The third kappa shape index (κ3) is 2.91. The van der Waals surface area contributed by atoms with E-state index in [0.717, 1.165) is 47.3 Å². The average Bonchev–Trinajstić information content (AvgIpc) is 3.18. The van der Waals surface area contributed by atoms with Crippen molar-refractivity contribution in [1.82, 2.24) is 19.8 Å². The molecule has 1 aromatic heterocycles. The summed E-state index contributed by atoms with van der Waals surface area (Å²) in [4.78, 5) is 37.6. The van der Waals surface area contributed by atoms with Crippen molar-refractivity contribution < 1.29 is 9.59 Å². The minimum absolute atomic E-state index is 0.0822. The van der Waals surface area contributed by atoms with Crippen molar-refractivity contribution in [3.8, 4) is 0 Å². The lowest BCUT2D eigenvalue weighted by Crippen LogP contribution is -2.58. The molecule has 0 saturated carbocycles. The van der Waals surface area contributed by atoms with Crippen LogP contribution in [-0.2, 0) is 16.8 Å². The Labute approximate surface area is 165 Å². The first-order valence-corrected chi connectivity index (χ1v) is 10.2. The average molecular weight is 380 g/mol. The third-order valence-corrected chi connectivity index (χ3v) is 6.35. The molecule has 0 radical (unpaired) electrons. The van der Waals surface area contributed by atoms with Crippen molar-refractivity contribution >= 4 is 11.8 Å². The first-order valence-electron chi connectivity index (χ1n) is 10.2. The molecule has 148 valence electrons. The molecule has 1 saturated heterocycles. The number of imidazole rings is 1. The lowest BCUT2D eigenvalue weighted by molar-refractivity contribution is -0.141. The fourth-order valence-corrected chi connectivity index (χ4v) is 4.84. The number of piperidine rings is 1. The molecule has 6 nitrogen and oxygen atoms in total. The van der Waals surface area contributed by atoms with Crippen molar-refractivity contribution in [1.29, 1.82) is 0 Å². The lowest BCUT2D eigenvalue weighted by Gasteiger charge is -2.50. The molecule has 0 aliphatic carbocycles. The minimum atomic E-state index is -0.389. The molecule has 1 N–H and O–H groups in total. The maximum absolute atomic E-state index is 13.1. The number of hydrogen-bond acceptors (Lipinski definition) is 3. The fourth-order valence-electron chi connectivity index (χ4n) is 4.84. The highest BCUT2D eigenvalue weighted by molar-refractivity contribution is 5.95. The largest absolute Gasteiger partial charge is 0.348 e. The number of likely N-dealkylation sites (tertiary alicyclic amines) is 1. The normalized spacial score (nSPS) is 18.2. The summed E-state index contributed by atoms with van der Waals surface area (Å²) in [5.41, 5.74) is 4.69. The Balaban J connectivity index is 1.59. The summed E-state index contributed by atoms with van der Waals surface area (Å²) in [6.45, 7) is 7.92. The predicted molar refractivity (Wildman–Crippen MR) is 107 cm³/mol. The zero-order valence-electron chi connectivity index (χ0n) is 16.9. The van der Waals surface area contributed by atoms with Crippen LogP contribution in [-0.4, -0.2) is 51.2 Å². The monoisotopic (exact) mass is 380 g/mol. The molecule has 2 amide bonds. The number of benzene rings is 1. The Morgan fingerprint density at radius 1 is 1.18 bits per heavy atom. The number of aromatic amines is 1. The van der Waals surface area contributed by atoms with Crippen LogP contribution in [0.4, 0.5) is 0 Å².